The normalized spacial score (nSPS) is 26.4. The molecule has 1 saturated heterocycles. The SMILES string of the molecule is CC(=O)C12c3ccccc3C(c3ccccc31)[C@H]1C(=O)N(c3cccc4ccccc34)C(=O)[C@@H]12. The van der Waals surface area contributed by atoms with Crippen LogP contribution in [0.4, 0.5) is 5.69 Å². The van der Waals surface area contributed by atoms with Crippen molar-refractivity contribution in [3.63, 3.8) is 0 Å². The molecule has 2 bridgehead atoms. The summed E-state index contributed by atoms with van der Waals surface area (Å²) in [5.41, 5.74) is 3.13. The highest BCUT2D eigenvalue weighted by Crippen LogP contribution is 2.64. The molecule has 34 heavy (non-hydrogen) atoms. The monoisotopic (exact) mass is 443 g/mol. The van der Waals surface area contributed by atoms with Crippen molar-refractivity contribution in [1.82, 2.24) is 0 Å². The second-order valence-corrected chi connectivity index (χ2v) is 9.53. The van der Waals surface area contributed by atoms with Crippen LogP contribution in [0.25, 0.3) is 10.8 Å². The Morgan fingerprint density at radius 3 is 2.00 bits per heavy atom. The lowest BCUT2D eigenvalue weighted by molar-refractivity contribution is -0.132. The van der Waals surface area contributed by atoms with E-state index in [-0.39, 0.29) is 23.5 Å². The third-order valence-corrected chi connectivity index (χ3v) is 8.18. The molecule has 0 N–H and O–H groups in total. The van der Waals surface area contributed by atoms with Crippen LogP contribution in [0.15, 0.2) is 91.0 Å². The van der Waals surface area contributed by atoms with Gasteiger partial charge in [-0.1, -0.05) is 84.9 Å². The molecule has 8 rings (SSSR count). The molecule has 4 nitrogen and oxygen atoms in total. The lowest BCUT2D eigenvalue weighted by atomic mass is 9.46. The first-order chi connectivity index (χ1) is 16.6. The summed E-state index contributed by atoms with van der Waals surface area (Å²) in [4.78, 5) is 43.5. The fourth-order valence-corrected chi connectivity index (χ4v) is 7.01. The summed E-state index contributed by atoms with van der Waals surface area (Å²) in [6.07, 6.45) is 0. The van der Waals surface area contributed by atoms with Crippen molar-refractivity contribution in [3.05, 3.63) is 113 Å². The van der Waals surface area contributed by atoms with Crippen LogP contribution >= 0.6 is 0 Å². The zero-order chi connectivity index (χ0) is 23.2. The van der Waals surface area contributed by atoms with Gasteiger partial charge in [0.1, 0.15) is 5.78 Å². The van der Waals surface area contributed by atoms with Crippen molar-refractivity contribution in [3.8, 4) is 0 Å². The number of hydrogen-bond donors (Lipinski definition) is 0. The number of hydrogen-bond acceptors (Lipinski definition) is 3. The first-order valence-corrected chi connectivity index (χ1v) is 11.6. The number of amides is 2. The lowest BCUT2D eigenvalue weighted by Crippen LogP contribution is -2.57. The van der Waals surface area contributed by atoms with E-state index in [1.165, 1.54) is 4.90 Å². The number of benzene rings is 4. The highest BCUT2D eigenvalue weighted by atomic mass is 16.2. The van der Waals surface area contributed by atoms with E-state index in [4.69, 9.17) is 0 Å². The third-order valence-electron chi connectivity index (χ3n) is 8.18. The van der Waals surface area contributed by atoms with E-state index in [1.807, 2.05) is 91.0 Å². The van der Waals surface area contributed by atoms with E-state index in [9.17, 15) is 14.4 Å². The Balaban J connectivity index is 1.54. The number of nitrogens with zero attached hydrogens (tertiary/aromatic N) is 1. The quantitative estimate of drug-likeness (QED) is 0.411. The number of fused-ring (bicyclic) bond motifs is 1. The largest absolute Gasteiger partial charge is 0.299 e. The molecule has 2 amide bonds. The van der Waals surface area contributed by atoms with Crippen molar-refractivity contribution in [2.24, 2.45) is 11.8 Å². The Morgan fingerprint density at radius 1 is 0.735 bits per heavy atom. The molecule has 0 spiro atoms. The molecule has 3 aliphatic carbocycles. The van der Waals surface area contributed by atoms with Crippen LogP contribution in [0.5, 0.6) is 0 Å². The summed E-state index contributed by atoms with van der Waals surface area (Å²) in [6.45, 7) is 1.56. The Kier molecular flexibility index (Phi) is 3.72. The molecule has 4 aliphatic rings. The summed E-state index contributed by atoms with van der Waals surface area (Å²) >= 11 is 0. The predicted molar refractivity (Wildman–Crippen MR) is 130 cm³/mol. The van der Waals surface area contributed by atoms with Gasteiger partial charge in [0.25, 0.3) is 0 Å². The lowest BCUT2D eigenvalue weighted by Gasteiger charge is -2.52. The van der Waals surface area contributed by atoms with Gasteiger partial charge in [-0.2, -0.15) is 0 Å². The van der Waals surface area contributed by atoms with Crippen molar-refractivity contribution >= 4 is 34.1 Å². The van der Waals surface area contributed by atoms with Gasteiger partial charge in [-0.25, -0.2) is 4.90 Å². The molecule has 4 aromatic carbocycles. The fraction of sp³-hybridized carbons (Fsp3) is 0.167. The molecule has 1 heterocycles. The maximum Gasteiger partial charge on any atom is 0.239 e. The van der Waals surface area contributed by atoms with Crippen LogP contribution in [0.2, 0.25) is 0 Å². The summed E-state index contributed by atoms with van der Waals surface area (Å²) in [7, 11) is 0. The summed E-state index contributed by atoms with van der Waals surface area (Å²) in [5.74, 6) is -2.22. The molecule has 0 saturated carbocycles. The van der Waals surface area contributed by atoms with Gasteiger partial charge in [-0.3, -0.25) is 14.4 Å². The average molecular weight is 444 g/mol. The maximum absolute atomic E-state index is 14.3. The van der Waals surface area contributed by atoms with Crippen LogP contribution in [0.1, 0.15) is 35.1 Å². The van der Waals surface area contributed by atoms with E-state index in [1.54, 1.807) is 6.92 Å². The molecule has 1 aliphatic heterocycles. The smallest absolute Gasteiger partial charge is 0.239 e. The van der Waals surface area contributed by atoms with Gasteiger partial charge in [-0.15, -0.1) is 0 Å². The Bertz CT molecular complexity index is 1520. The number of carbonyl (C=O) groups is 3. The average Bonchev–Trinajstić information content (AvgIpc) is 3.14. The third kappa shape index (κ3) is 2.07. The van der Waals surface area contributed by atoms with Gasteiger partial charge >= 0.3 is 0 Å². The topological polar surface area (TPSA) is 54.5 Å². The molecule has 0 unspecified atom stereocenters. The maximum atomic E-state index is 14.3. The van der Waals surface area contributed by atoms with Gasteiger partial charge in [-0.05, 0) is 40.6 Å². The van der Waals surface area contributed by atoms with Crippen LogP contribution in [-0.4, -0.2) is 17.6 Å². The van der Waals surface area contributed by atoms with E-state index >= 15 is 0 Å². The van der Waals surface area contributed by atoms with Crippen LogP contribution < -0.4 is 4.90 Å². The van der Waals surface area contributed by atoms with E-state index in [2.05, 4.69) is 0 Å². The van der Waals surface area contributed by atoms with Gasteiger partial charge in [0.05, 0.1) is 22.9 Å². The minimum absolute atomic E-state index is 0.0959. The predicted octanol–water partition coefficient (Wildman–Crippen LogP) is 4.98. The Hall–Kier alpha value is -4.05. The number of anilines is 1. The van der Waals surface area contributed by atoms with Crippen LogP contribution in [0.3, 0.4) is 0 Å². The number of Topliss-reactive ketones (excluding diaryl/α,β-unsaturated/α-hetero) is 1. The second kappa shape index (κ2) is 6.51. The molecule has 164 valence electrons. The molecule has 0 radical (unpaired) electrons. The van der Waals surface area contributed by atoms with Crippen LogP contribution in [-0.2, 0) is 19.8 Å². The van der Waals surface area contributed by atoms with Gasteiger partial charge in [0.15, 0.2) is 0 Å². The Labute approximate surface area is 196 Å². The molecule has 1 fully saturated rings. The fourth-order valence-electron chi connectivity index (χ4n) is 7.01. The highest BCUT2D eigenvalue weighted by molar-refractivity contribution is 6.27. The van der Waals surface area contributed by atoms with E-state index < -0.39 is 17.3 Å². The van der Waals surface area contributed by atoms with Crippen molar-refractivity contribution < 1.29 is 14.4 Å². The van der Waals surface area contributed by atoms with E-state index in [0.717, 1.165) is 33.0 Å². The molecular formula is C30H21NO3. The minimum atomic E-state index is -1.17. The zero-order valence-electron chi connectivity index (χ0n) is 18.6. The summed E-state index contributed by atoms with van der Waals surface area (Å²) in [5, 5.41) is 1.82. The Morgan fingerprint density at radius 2 is 1.32 bits per heavy atom. The molecular weight excluding hydrogens is 422 g/mol. The van der Waals surface area contributed by atoms with E-state index in [0.29, 0.717) is 5.69 Å². The minimum Gasteiger partial charge on any atom is -0.299 e. The first-order valence-electron chi connectivity index (χ1n) is 11.6. The van der Waals surface area contributed by atoms with Gasteiger partial charge in [0, 0.05) is 11.3 Å². The number of imide groups is 1. The summed E-state index contributed by atoms with van der Waals surface area (Å²) in [6, 6.07) is 29.2. The standard InChI is InChI=1S/C30H21NO3/c1-17(32)30-22-14-6-4-12-20(22)25(21-13-5-7-15-23(21)30)26-27(30)29(34)31(28(26)33)24-16-8-10-18-9-2-3-11-19(18)24/h2-16,25-27H,1H3/t25?,26-,27-,30?/m1/s1. The number of rotatable bonds is 2. The zero-order valence-corrected chi connectivity index (χ0v) is 18.6. The van der Waals surface area contributed by atoms with Gasteiger partial charge < -0.3 is 0 Å². The number of carbonyl (C=O) groups excluding carboxylic acids is 3. The van der Waals surface area contributed by atoms with Crippen molar-refractivity contribution in [1.29, 1.82) is 0 Å². The molecule has 4 heteroatoms. The summed E-state index contributed by atoms with van der Waals surface area (Å²) < 4.78 is 0. The van der Waals surface area contributed by atoms with Crippen molar-refractivity contribution in [2.75, 3.05) is 4.90 Å². The van der Waals surface area contributed by atoms with Crippen LogP contribution in [0, 0.1) is 11.8 Å². The molecule has 0 aromatic heterocycles. The molecule has 4 aromatic rings. The van der Waals surface area contributed by atoms with Crippen molar-refractivity contribution in [2.45, 2.75) is 18.3 Å². The molecule has 2 atom stereocenters. The first kappa shape index (κ1) is 19.4. The van der Waals surface area contributed by atoms with Gasteiger partial charge in [0.2, 0.25) is 11.8 Å². The number of ketones is 1. The second-order valence-electron chi connectivity index (χ2n) is 9.53. The highest BCUT2D eigenvalue weighted by Gasteiger charge is 2.70.